The van der Waals surface area contributed by atoms with Gasteiger partial charge in [-0.3, -0.25) is 0 Å². The zero-order chi connectivity index (χ0) is 22.1. The van der Waals surface area contributed by atoms with E-state index in [1.54, 1.807) is 10.9 Å². The number of rotatable bonds is 6. The molecule has 0 saturated heterocycles. The fraction of sp³-hybridized carbons (Fsp3) is 0.160. The third-order valence-electron chi connectivity index (χ3n) is 5.84. The van der Waals surface area contributed by atoms with Crippen molar-refractivity contribution < 1.29 is 19.4 Å². The smallest absolute Gasteiger partial charge is 0.407 e. The quantitative estimate of drug-likeness (QED) is 0.485. The topological polar surface area (TPSA) is 93.5 Å². The molecule has 1 aliphatic carbocycles. The molecule has 0 aliphatic heterocycles. The lowest BCUT2D eigenvalue weighted by Gasteiger charge is -2.18. The van der Waals surface area contributed by atoms with Gasteiger partial charge >= 0.3 is 12.1 Å². The number of carbonyl (C=O) groups is 2. The van der Waals surface area contributed by atoms with Crippen LogP contribution in [0.2, 0.25) is 0 Å². The summed E-state index contributed by atoms with van der Waals surface area (Å²) in [6, 6.07) is 22.4. The standard InChI is InChI=1S/C25H21N3O4/c29-24(30)22(13-28-15-26-21-11-5-6-12-23(21)28)27-25(31)32-14-20-18-9-3-1-7-16(18)17-8-2-4-10-19(17)20/h1-12,15,20,22H,13-14H2,(H,27,31)(H,29,30). The molecule has 0 bridgehead atoms. The summed E-state index contributed by atoms with van der Waals surface area (Å²) in [5, 5.41) is 12.1. The van der Waals surface area contributed by atoms with Crippen LogP contribution in [-0.2, 0) is 16.1 Å². The Kier molecular flexibility index (Phi) is 5.07. The van der Waals surface area contributed by atoms with Gasteiger partial charge in [0.15, 0.2) is 0 Å². The number of amides is 1. The highest BCUT2D eigenvalue weighted by molar-refractivity contribution is 5.81. The first-order chi connectivity index (χ1) is 15.6. The molecule has 0 saturated carbocycles. The van der Waals surface area contributed by atoms with Gasteiger partial charge < -0.3 is 19.7 Å². The number of aromatic nitrogens is 2. The van der Waals surface area contributed by atoms with Crippen molar-refractivity contribution in [3.63, 3.8) is 0 Å². The van der Waals surface area contributed by atoms with Gasteiger partial charge in [-0.1, -0.05) is 60.7 Å². The average Bonchev–Trinajstić information content (AvgIpc) is 3.36. The maximum absolute atomic E-state index is 12.5. The van der Waals surface area contributed by atoms with Crippen LogP contribution in [0.4, 0.5) is 4.79 Å². The van der Waals surface area contributed by atoms with E-state index in [4.69, 9.17) is 4.74 Å². The van der Waals surface area contributed by atoms with E-state index in [0.717, 1.165) is 33.3 Å². The molecule has 1 aliphatic rings. The number of ether oxygens (including phenoxy) is 1. The summed E-state index contributed by atoms with van der Waals surface area (Å²) in [6.07, 6.45) is 0.809. The zero-order valence-corrected chi connectivity index (χ0v) is 17.1. The highest BCUT2D eigenvalue weighted by Crippen LogP contribution is 2.44. The predicted octanol–water partition coefficient (Wildman–Crippen LogP) is 4.03. The molecule has 3 aromatic carbocycles. The number of carbonyl (C=O) groups excluding carboxylic acids is 1. The first-order valence-electron chi connectivity index (χ1n) is 10.4. The molecule has 4 aromatic rings. The van der Waals surface area contributed by atoms with Crippen LogP contribution in [0.15, 0.2) is 79.1 Å². The van der Waals surface area contributed by atoms with Gasteiger partial charge in [0.2, 0.25) is 0 Å². The molecular formula is C25H21N3O4. The largest absolute Gasteiger partial charge is 0.480 e. The first-order valence-corrected chi connectivity index (χ1v) is 10.4. The van der Waals surface area contributed by atoms with Gasteiger partial charge in [-0.05, 0) is 34.4 Å². The van der Waals surface area contributed by atoms with Crippen LogP contribution in [0.1, 0.15) is 17.0 Å². The van der Waals surface area contributed by atoms with Crippen molar-refractivity contribution in [3.8, 4) is 11.1 Å². The summed E-state index contributed by atoms with van der Waals surface area (Å²) in [4.78, 5) is 28.6. The van der Waals surface area contributed by atoms with E-state index < -0.39 is 18.1 Å². The van der Waals surface area contributed by atoms with E-state index in [2.05, 4.69) is 22.4 Å². The monoisotopic (exact) mass is 427 g/mol. The van der Waals surface area contributed by atoms with Gasteiger partial charge in [0.05, 0.1) is 23.9 Å². The van der Waals surface area contributed by atoms with Crippen LogP contribution in [-0.4, -0.2) is 39.4 Å². The Hall–Kier alpha value is -4.13. The Morgan fingerprint density at radius 2 is 1.59 bits per heavy atom. The lowest BCUT2D eigenvalue weighted by molar-refractivity contribution is -0.139. The molecule has 5 rings (SSSR count). The second kappa shape index (κ2) is 8.19. The second-order valence-electron chi connectivity index (χ2n) is 7.75. The van der Waals surface area contributed by atoms with Crippen molar-refractivity contribution in [3.05, 3.63) is 90.3 Å². The fourth-order valence-electron chi connectivity index (χ4n) is 4.32. The van der Waals surface area contributed by atoms with Crippen LogP contribution in [0, 0.1) is 0 Å². The van der Waals surface area contributed by atoms with Gasteiger partial charge in [-0.15, -0.1) is 0 Å². The van der Waals surface area contributed by atoms with Gasteiger partial charge in [-0.25, -0.2) is 14.6 Å². The molecular weight excluding hydrogens is 406 g/mol. The molecule has 7 heteroatoms. The van der Waals surface area contributed by atoms with Crippen molar-refractivity contribution in [2.45, 2.75) is 18.5 Å². The lowest BCUT2D eigenvalue weighted by atomic mass is 9.98. The third-order valence-corrected chi connectivity index (χ3v) is 5.84. The SMILES string of the molecule is O=C(NC(Cn1cnc2ccccc21)C(=O)O)OCC1c2ccccc2-c2ccccc21. The van der Waals surface area contributed by atoms with Crippen molar-refractivity contribution in [2.75, 3.05) is 6.61 Å². The average molecular weight is 427 g/mol. The van der Waals surface area contributed by atoms with E-state index in [9.17, 15) is 14.7 Å². The molecule has 0 spiro atoms. The van der Waals surface area contributed by atoms with Crippen molar-refractivity contribution in [2.24, 2.45) is 0 Å². The maximum atomic E-state index is 12.5. The van der Waals surface area contributed by atoms with E-state index >= 15 is 0 Å². The number of imidazole rings is 1. The molecule has 7 nitrogen and oxygen atoms in total. The molecule has 1 atom stereocenters. The first kappa shape index (κ1) is 19.8. The van der Waals surface area contributed by atoms with Crippen LogP contribution in [0.5, 0.6) is 0 Å². The maximum Gasteiger partial charge on any atom is 0.407 e. The summed E-state index contributed by atoms with van der Waals surface area (Å²) >= 11 is 0. The number of carboxylic acids is 1. The number of hydrogen-bond donors (Lipinski definition) is 2. The summed E-state index contributed by atoms with van der Waals surface area (Å²) < 4.78 is 7.19. The number of nitrogens with zero attached hydrogens (tertiary/aromatic N) is 2. The van der Waals surface area contributed by atoms with Crippen molar-refractivity contribution >= 4 is 23.1 Å². The molecule has 0 fully saturated rings. The van der Waals surface area contributed by atoms with Gasteiger partial charge in [0.25, 0.3) is 0 Å². The lowest BCUT2D eigenvalue weighted by Crippen LogP contribution is -2.44. The fourth-order valence-corrected chi connectivity index (χ4v) is 4.32. The van der Waals surface area contributed by atoms with Crippen molar-refractivity contribution in [1.29, 1.82) is 0 Å². The molecule has 1 amide bonds. The Morgan fingerprint density at radius 3 is 2.28 bits per heavy atom. The number of para-hydroxylation sites is 2. The molecule has 32 heavy (non-hydrogen) atoms. The highest BCUT2D eigenvalue weighted by atomic mass is 16.5. The molecule has 2 N–H and O–H groups in total. The van der Waals surface area contributed by atoms with Crippen LogP contribution < -0.4 is 5.32 Å². The van der Waals surface area contributed by atoms with Crippen LogP contribution in [0.3, 0.4) is 0 Å². The summed E-state index contributed by atoms with van der Waals surface area (Å²) in [7, 11) is 0. The van der Waals surface area contributed by atoms with E-state index in [0.29, 0.717) is 0 Å². The van der Waals surface area contributed by atoms with Crippen LogP contribution in [0.25, 0.3) is 22.2 Å². The van der Waals surface area contributed by atoms with Crippen LogP contribution >= 0.6 is 0 Å². The Morgan fingerprint density at radius 1 is 0.969 bits per heavy atom. The molecule has 0 radical (unpaired) electrons. The number of aliphatic carboxylic acids is 1. The molecule has 1 unspecified atom stereocenters. The number of nitrogens with one attached hydrogen (secondary N) is 1. The number of alkyl carbamates (subject to hydrolysis) is 1. The molecule has 160 valence electrons. The normalized spacial score (nSPS) is 13.4. The Labute approximate surface area is 184 Å². The molecule has 1 aromatic heterocycles. The summed E-state index contributed by atoms with van der Waals surface area (Å²) in [6.45, 7) is 0.167. The number of carboxylic acid groups (broad SMARTS) is 1. The van der Waals surface area contributed by atoms with Gasteiger partial charge in [-0.2, -0.15) is 0 Å². The van der Waals surface area contributed by atoms with E-state index in [1.165, 1.54) is 0 Å². The molecule has 1 heterocycles. The highest BCUT2D eigenvalue weighted by Gasteiger charge is 2.30. The number of hydrogen-bond acceptors (Lipinski definition) is 4. The third kappa shape index (κ3) is 3.58. The minimum absolute atomic E-state index is 0.0417. The van der Waals surface area contributed by atoms with E-state index in [-0.39, 0.29) is 19.1 Å². The summed E-state index contributed by atoms with van der Waals surface area (Å²) in [5.74, 6) is -1.23. The minimum Gasteiger partial charge on any atom is -0.480 e. The van der Waals surface area contributed by atoms with Gasteiger partial charge in [0, 0.05) is 5.92 Å². The zero-order valence-electron chi connectivity index (χ0n) is 17.1. The summed E-state index contributed by atoms with van der Waals surface area (Å²) in [5.41, 5.74) is 6.02. The van der Waals surface area contributed by atoms with E-state index in [1.807, 2.05) is 60.7 Å². The minimum atomic E-state index is -1.15. The van der Waals surface area contributed by atoms with Crippen molar-refractivity contribution in [1.82, 2.24) is 14.9 Å². The predicted molar refractivity (Wildman–Crippen MR) is 119 cm³/mol. The Bertz CT molecular complexity index is 1270. The Balaban J connectivity index is 1.28. The van der Waals surface area contributed by atoms with Gasteiger partial charge in [0.1, 0.15) is 12.6 Å². The number of benzene rings is 3. The number of fused-ring (bicyclic) bond motifs is 4. The second-order valence-corrected chi connectivity index (χ2v) is 7.75.